The number of phenols is 1. The van der Waals surface area contributed by atoms with E-state index >= 15 is 0 Å². The predicted molar refractivity (Wildman–Crippen MR) is 121 cm³/mol. The summed E-state index contributed by atoms with van der Waals surface area (Å²) in [5, 5.41) is 17.2. The van der Waals surface area contributed by atoms with E-state index in [-0.39, 0.29) is 24.6 Å². The lowest BCUT2D eigenvalue weighted by molar-refractivity contribution is -0.127. The molecule has 0 saturated heterocycles. The topological polar surface area (TPSA) is 117 Å². The van der Waals surface area contributed by atoms with Gasteiger partial charge in [0.1, 0.15) is 17.4 Å². The minimum Gasteiger partial charge on any atom is -0.508 e. The summed E-state index contributed by atoms with van der Waals surface area (Å²) in [4.78, 5) is 37.0. The second kappa shape index (κ2) is 11.7. The zero-order valence-electron chi connectivity index (χ0n) is 18.7. The van der Waals surface area contributed by atoms with E-state index in [4.69, 9.17) is 4.74 Å². The smallest absolute Gasteiger partial charge is 0.408 e. The highest BCUT2D eigenvalue weighted by Crippen LogP contribution is 2.10. The van der Waals surface area contributed by atoms with Gasteiger partial charge in [0.2, 0.25) is 11.8 Å². The highest BCUT2D eigenvalue weighted by atomic mass is 16.6. The van der Waals surface area contributed by atoms with E-state index in [2.05, 4.69) is 16.0 Å². The SMILES string of the molecule is CC(C)(C)OC(=O)NC(Cc1ccccc1)C(=O)NCC(=O)NCCc1ccc(O)cc1. The molecule has 32 heavy (non-hydrogen) atoms. The van der Waals surface area contributed by atoms with Gasteiger partial charge in [-0.15, -0.1) is 0 Å². The third-order valence-electron chi connectivity index (χ3n) is 4.39. The molecule has 0 aliphatic rings. The molecule has 4 N–H and O–H groups in total. The lowest BCUT2D eigenvalue weighted by Gasteiger charge is -2.23. The molecule has 1 atom stereocenters. The fourth-order valence-corrected chi connectivity index (χ4v) is 2.87. The van der Waals surface area contributed by atoms with Gasteiger partial charge >= 0.3 is 6.09 Å². The fraction of sp³-hybridized carbons (Fsp3) is 0.375. The number of rotatable bonds is 9. The zero-order valence-corrected chi connectivity index (χ0v) is 18.7. The molecule has 3 amide bonds. The molecule has 2 aromatic rings. The molecule has 0 fully saturated rings. The van der Waals surface area contributed by atoms with Crippen molar-refractivity contribution in [2.45, 2.75) is 45.3 Å². The lowest BCUT2D eigenvalue weighted by Crippen LogP contribution is -2.51. The molecule has 0 aliphatic heterocycles. The molecule has 0 bridgehead atoms. The number of hydrogen-bond acceptors (Lipinski definition) is 5. The molecule has 1 unspecified atom stereocenters. The summed E-state index contributed by atoms with van der Waals surface area (Å²) in [5.41, 5.74) is 1.13. The molecule has 172 valence electrons. The van der Waals surface area contributed by atoms with E-state index < -0.39 is 23.6 Å². The number of phenolic OH excluding ortho intramolecular Hbond substituents is 1. The maximum Gasteiger partial charge on any atom is 0.408 e. The second-order valence-corrected chi connectivity index (χ2v) is 8.37. The van der Waals surface area contributed by atoms with Crippen LogP contribution in [-0.2, 0) is 27.2 Å². The first kappa shape index (κ1) is 24.7. The van der Waals surface area contributed by atoms with Crippen LogP contribution in [0.25, 0.3) is 0 Å². The number of aromatic hydroxyl groups is 1. The van der Waals surface area contributed by atoms with Gasteiger partial charge < -0.3 is 25.8 Å². The summed E-state index contributed by atoms with van der Waals surface area (Å²) in [7, 11) is 0. The zero-order chi connectivity index (χ0) is 23.6. The number of alkyl carbamates (subject to hydrolysis) is 1. The van der Waals surface area contributed by atoms with Crippen molar-refractivity contribution in [1.82, 2.24) is 16.0 Å². The highest BCUT2D eigenvalue weighted by Gasteiger charge is 2.25. The second-order valence-electron chi connectivity index (χ2n) is 8.37. The van der Waals surface area contributed by atoms with Gasteiger partial charge in [0, 0.05) is 13.0 Å². The van der Waals surface area contributed by atoms with E-state index in [1.807, 2.05) is 30.3 Å². The number of benzene rings is 2. The Labute approximate surface area is 188 Å². The Balaban J connectivity index is 1.86. The number of amides is 3. The van der Waals surface area contributed by atoms with Crippen LogP contribution >= 0.6 is 0 Å². The van der Waals surface area contributed by atoms with E-state index in [0.29, 0.717) is 13.0 Å². The van der Waals surface area contributed by atoms with Crippen LogP contribution in [-0.4, -0.2) is 47.7 Å². The van der Waals surface area contributed by atoms with Gasteiger partial charge in [-0.1, -0.05) is 42.5 Å². The van der Waals surface area contributed by atoms with Crippen LogP contribution in [0.15, 0.2) is 54.6 Å². The Kier molecular flexibility index (Phi) is 9.07. The maximum atomic E-state index is 12.7. The van der Waals surface area contributed by atoms with Crippen LogP contribution in [0.1, 0.15) is 31.9 Å². The van der Waals surface area contributed by atoms with Gasteiger partial charge in [0.05, 0.1) is 6.54 Å². The molecule has 0 heterocycles. The van der Waals surface area contributed by atoms with Crippen molar-refractivity contribution in [2.75, 3.05) is 13.1 Å². The Morgan fingerprint density at radius 1 is 0.938 bits per heavy atom. The molecular weight excluding hydrogens is 410 g/mol. The average molecular weight is 442 g/mol. The third-order valence-corrected chi connectivity index (χ3v) is 4.39. The molecule has 0 radical (unpaired) electrons. The molecule has 8 heteroatoms. The number of carbonyl (C=O) groups excluding carboxylic acids is 3. The van der Waals surface area contributed by atoms with Crippen molar-refractivity contribution in [3.05, 3.63) is 65.7 Å². The Morgan fingerprint density at radius 2 is 1.59 bits per heavy atom. The number of carbonyl (C=O) groups is 3. The van der Waals surface area contributed by atoms with Gasteiger partial charge in [-0.25, -0.2) is 4.79 Å². The lowest BCUT2D eigenvalue weighted by atomic mass is 10.1. The Bertz CT molecular complexity index is 892. The monoisotopic (exact) mass is 441 g/mol. The van der Waals surface area contributed by atoms with Crippen LogP contribution < -0.4 is 16.0 Å². The quantitative estimate of drug-likeness (QED) is 0.476. The van der Waals surface area contributed by atoms with Gasteiger partial charge in [0.25, 0.3) is 0 Å². The minimum atomic E-state index is -0.892. The van der Waals surface area contributed by atoms with Crippen molar-refractivity contribution < 1.29 is 24.2 Å². The van der Waals surface area contributed by atoms with Gasteiger partial charge in [-0.3, -0.25) is 9.59 Å². The summed E-state index contributed by atoms with van der Waals surface area (Å²) in [5.74, 6) is -0.633. The normalized spacial score (nSPS) is 11.8. The number of ether oxygens (including phenoxy) is 1. The molecule has 0 aromatic heterocycles. The van der Waals surface area contributed by atoms with Crippen LogP contribution in [0.3, 0.4) is 0 Å². The summed E-state index contributed by atoms with van der Waals surface area (Å²) in [6.45, 7) is 5.39. The van der Waals surface area contributed by atoms with Crippen LogP contribution in [0, 0.1) is 0 Å². The van der Waals surface area contributed by atoms with Gasteiger partial charge in [-0.2, -0.15) is 0 Å². The van der Waals surface area contributed by atoms with E-state index in [9.17, 15) is 19.5 Å². The van der Waals surface area contributed by atoms with Gasteiger partial charge in [0.15, 0.2) is 0 Å². The van der Waals surface area contributed by atoms with Crippen molar-refractivity contribution in [2.24, 2.45) is 0 Å². The van der Waals surface area contributed by atoms with E-state index in [0.717, 1.165) is 11.1 Å². The Morgan fingerprint density at radius 3 is 2.22 bits per heavy atom. The molecule has 0 saturated carbocycles. The van der Waals surface area contributed by atoms with E-state index in [1.165, 1.54) is 0 Å². The standard InChI is InChI=1S/C24H31N3O5/c1-24(2,3)32-23(31)27-20(15-18-7-5-4-6-8-18)22(30)26-16-21(29)25-14-13-17-9-11-19(28)12-10-17/h4-12,20,28H,13-16H2,1-3H3,(H,25,29)(H,26,30)(H,27,31). The number of hydrogen-bond donors (Lipinski definition) is 4. The van der Waals surface area contributed by atoms with Crippen molar-refractivity contribution in [3.8, 4) is 5.75 Å². The van der Waals surface area contributed by atoms with Crippen LogP contribution in [0.4, 0.5) is 4.79 Å². The molecular formula is C24H31N3O5. The Hall–Kier alpha value is -3.55. The summed E-state index contributed by atoms with van der Waals surface area (Å²) < 4.78 is 5.26. The fourth-order valence-electron chi connectivity index (χ4n) is 2.87. The molecule has 8 nitrogen and oxygen atoms in total. The van der Waals surface area contributed by atoms with Crippen molar-refractivity contribution in [3.63, 3.8) is 0 Å². The first-order chi connectivity index (χ1) is 15.1. The summed E-state index contributed by atoms with van der Waals surface area (Å²) >= 11 is 0. The van der Waals surface area contributed by atoms with Crippen molar-refractivity contribution in [1.29, 1.82) is 0 Å². The first-order valence-corrected chi connectivity index (χ1v) is 10.5. The average Bonchev–Trinajstić information content (AvgIpc) is 2.72. The van der Waals surface area contributed by atoms with Crippen molar-refractivity contribution >= 4 is 17.9 Å². The molecule has 2 rings (SSSR count). The highest BCUT2D eigenvalue weighted by molar-refractivity contribution is 5.89. The minimum absolute atomic E-state index is 0.186. The summed E-state index contributed by atoms with van der Waals surface area (Å²) in [6.07, 6.45) is 0.150. The summed E-state index contributed by atoms with van der Waals surface area (Å²) in [6, 6.07) is 15.1. The first-order valence-electron chi connectivity index (χ1n) is 10.5. The van der Waals surface area contributed by atoms with Gasteiger partial charge in [-0.05, 0) is 50.5 Å². The van der Waals surface area contributed by atoms with Crippen LogP contribution in [0.2, 0.25) is 0 Å². The molecule has 0 aliphatic carbocycles. The predicted octanol–water partition coefficient (Wildman–Crippen LogP) is 2.30. The molecule has 2 aromatic carbocycles. The van der Waals surface area contributed by atoms with E-state index in [1.54, 1.807) is 45.0 Å². The largest absolute Gasteiger partial charge is 0.508 e. The third kappa shape index (κ3) is 9.51. The maximum absolute atomic E-state index is 12.7. The number of nitrogens with one attached hydrogen (secondary N) is 3. The molecule has 0 spiro atoms. The van der Waals surface area contributed by atoms with Crippen LogP contribution in [0.5, 0.6) is 5.75 Å².